The van der Waals surface area contributed by atoms with E-state index in [1.807, 2.05) is 24.3 Å². The lowest BCUT2D eigenvalue weighted by Crippen LogP contribution is -2.05. The molecule has 7 aromatic carbocycles. The Labute approximate surface area is 279 Å². The van der Waals surface area contributed by atoms with Crippen molar-refractivity contribution in [2.75, 3.05) is 0 Å². The van der Waals surface area contributed by atoms with Gasteiger partial charge in [-0.05, 0) is 36.4 Å². The fourth-order valence-electron chi connectivity index (χ4n) is 7.84. The Morgan fingerprint density at radius 3 is 1.82 bits per heavy atom. The van der Waals surface area contributed by atoms with E-state index in [-0.39, 0.29) is 0 Å². The topological polar surface area (TPSA) is 48.8 Å². The summed E-state index contributed by atoms with van der Waals surface area (Å²) in [5.74, 6) is 0.600. The SMILES string of the molecule is c1ccc(-c2nc(-n3c4c(ccc5c6ccccc6oc54)c4ccc5c6ccccc6n(-c6ccccc6)c5c43)nc3ccccc23)cc1. The average molecular weight is 627 g/mol. The summed E-state index contributed by atoms with van der Waals surface area (Å²) in [4.78, 5) is 10.8. The average Bonchev–Trinajstić information content (AvgIpc) is 3.83. The first-order valence-electron chi connectivity index (χ1n) is 16.5. The molecule has 0 saturated heterocycles. The summed E-state index contributed by atoms with van der Waals surface area (Å²) in [5.41, 5.74) is 9.83. The van der Waals surface area contributed by atoms with Gasteiger partial charge >= 0.3 is 0 Å². The number of hydrogen-bond donors (Lipinski definition) is 0. The third-order valence-electron chi connectivity index (χ3n) is 9.92. The van der Waals surface area contributed by atoms with Crippen LogP contribution in [0.2, 0.25) is 0 Å². The molecule has 0 saturated carbocycles. The van der Waals surface area contributed by atoms with Gasteiger partial charge in [0.25, 0.3) is 0 Å². The highest BCUT2D eigenvalue weighted by molar-refractivity contribution is 6.27. The van der Waals surface area contributed by atoms with Crippen molar-refractivity contribution in [3.8, 4) is 22.9 Å². The smallest absolute Gasteiger partial charge is 0.236 e. The van der Waals surface area contributed by atoms with E-state index >= 15 is 0 Å². The third-order valence-corrected chi connectivity index (χ3v) is 9.92. The van der Waals surface area contributed by atoms with Crippen LogP contribution in [0.15, 0.2) is 162 Å². The summed E-state index contributed by atoms with van der Waals surface area (Å²) >= 11 is 0. The summed E-state index contributed by atoms with van der Waals surface area (Å²) in [7, 11) is 0. The molecule has 0 unspecified atom stereocenters. The fourth-order valence-corrected chi connectivity index (χ4v) is 7.84. The maximum absolute atomic E-state index is 6.76. The normalized spacial score (nSPS) is 12.1. The van der Waals surface area contributed by atoms with Crippen LogP contribution in [0.25, 0.3) is 99.3 Å². The Morgan fingerprint density at radius 1 is 0.408 bits per heavy atom. The molecule has 11 aromatic rings. The first-order chi connectivity index (χ1) is 24.3. The highest BCUT2D eigenvalue weighted by atomic mass is 16.3. The van der Waals surface area contributed by atoms with Gasteiger partial charge in [-0.3, -0.25) is 4.57 Å². The molecular weight excluding hydrogens is 601 g/mol. The number of aromatic nitrogens is 4. The molecule has 4 heterocycles. The molecular formula is C44H26N4O. The quantitative estimate of drug-likeness (QED) is 0.196. The number of benzene rings is 7. The van der Waals surface area contributed by atoms with Crippen molar-refractivity contribution in [1.82, 2.24) is 19.1 Å². The van der Waals surface area contributed by atoms with Crippen molar-refractivity contribution in [2.45, 2.75) is 0 Å². The number of fused-ring (bicyclic) bond motifs is 12. The van der Waals surface area contributed by atoms with Crippen LogP contribution in [0.1, 0.15) is 0 Å². The number of hydrogen-bond acceptors (Lipinski definition) is 3. The second-order valence-electron chi connectivity index (χ2n) is 12.6. The molecule has 5 heteroatoms. The second-order valence-corrected chi connectivity index (χ2v) is 12.6. The molecule has 0 aliphatic rings. The van der Waals surface area contributed by atoms with E-state index in [0.717, 1.165) is 82.6 Å². The molecule has 4 aromatic heterocycles. The number of rotatable bonds is 3. The molecule has 49 heavy (non-hydrogen) atoms. The first-order valence-corrected chi connectivity index (χ1v) is 16.5. The Bertz CT molecular complexity index is 3100. The van der Waals surface area contributed by atoms with Gasteiger partial charge in [-0.2, -0.15) is 0 Å². The van der Waals surface area contributed by atoms with Gasteiger partial charge in [0, 0.05) is 49.0 Å². The third kappa shape index (κ3) is 3.64. The molecule has 0 atom stereocenters. The number of para-hydroxylation sites is 4. The highest BCUT2D eigenvalue weighted by Gasteiger charge is 2.25. The van der Waals surface area contributed by atoms with Gasteiger partial charge in [0.05, 0.1) is 27.8 Å². The van der Waals surface area contributed by atoms with E-state index in [9.17, 15) is 0 Å². The molecule has 0 aliphatic heterocycles. The van der Waals surface area contributed by atoms with Gasteiger partial charge < -0.3 is 8.98 Å². The van der Waals surface area contributed by atoms with Gasteiger partial charge in [0.15, 0.2) is 5.58 Å². The Morgan fingerprint density at radius 2 is 1.00 bits per heavy atom. The lowest BCUT2D eigenvalue weighted by atomic mass is 10.1. The van der Waals surface area contributed by atoms with Crippen LogP contribution < -0.4 is 0 Å². The van der Waals surface area contributed by atoms with Crippen molar-refractivity contribution in [1.29, 1.82) is 0 Å². The van der Waals surface area contributed by atoms with Crippen molar-refractivity contribution in [3.05, 3.63) is 158 Å². The Hall–Kier alpha value is -6.72. The minimum atomic E-state index is 0.600. The zero-order chi connectivity index (χ0) is 32.1. The highest BCUT2D eigenvalue weighted by Crippen LogP contribution is 2.45. The van der Waals surface area contributed by atoms with Crippen LogP contribution in [-0.2, 0) is 0 Å². The lowest BCUT2D eigenvalue weighted by molar-refractivity contribution is 0.671. The monoisotopic (exact) mass is 626 g/mol. The van der Waals surface area contributed by atoms with Crippen molar-refractivity contribution < 1.29 is 4.42 Å². The molecule has 0 amide bonds. The molecule has 5 nitrogen and oxygen atoms in total. The minimum absolute atomic E-state index is 0.600. The maximum atomic E-state index is 6.76. The van der Waals surface area contributed by atoms with Crippen molar-refractivity contribution in [2.24, 2.45) is 0 Å². The Kier molecular flexibility index (Phi) is 5.32. The summed E-state index contributed by atoms with van der Waals surface area (Å²) in [6.45, 7) is 0. The lowest BCUT2D eigenvalue weighted by Gasteiger charge is -2.13. The molecule has 0 N–H and O–H groups in total. The second kappa shape index (κ2) is 9.89. The summed E-state index contributed by atoms with van der Waals surface area (Å²) in [6, 6.07) is 55.2. The van der Waals surface area contributed by atoms with Crippen LogP contribution in [-0.4, -0.2) is 19.1 Å². The van der Waals surface area contributed by atoms with Crippen LogP contribution in [0, 0.1) is 0 Å². The van der Waals surface area contributed by atoms with Crippen LogP contribution in [0.4, 0.5) is 0 Å². The molecule has 0 fully saturated rings. The summed E-state index contributed by atoms with van der Waals surface area (Å²) < 4.78 is 11.4. The predicted octanol–water partition coefficient (Wildman–Crippen LogP) is 11.4. The van der Waals surface area contributed by atoms with Gasteiger partial charge in [-0.25, -0.2) is 9.97 Å². The molecule has 0 radical (unpaired) electrons. The van der Waals surface area contributed by atoms with Gasteiger partial charge in [-0.15, -0.1) is 0 Å². The molecule has 228 valence electrons. The van der Waals surface area contributed by atoms with E-state index in [1.54, 1.807) is 0 Å². The van der Waals surface area contributed by atoms with E-state index in [2.05, 4.69) is 143 Å². The predicted molar refractivity (Wildman–Crippen MR) is 201 cm³/mol. The van der Waals surface area contributed by atoms with Crippen LogP contribution in [0.5, 0.6) is 0 Å². The standard InChI is InChI=1S/C44H26N4O/c1-3-13-27(14-4-1)39-35-19-7-10-20-36(35)45-44(46-39)48-41-32(33-25-26-34-30-18-9-12-22-38(30)49-43(34)42(33)48)24-23-31-29-17-8-11-21-37(29)47(40(31)41)28-15-5-2-6-16-28/h1-26H. The maximum Gasteiger partial charge on any atom is 0.236 e. The molecule has 0 bridgehead atoms. The molecule has 0 spiro atoms. The van der Waals surface area contributed by atoms with E-state index in [1.165, 1.54) is 10.8 Å². The number of nitrogens with zero attached hydrogens (tertiary/aromatic N) is 4. The van der Waals surface area contributed by atoms with E-state index in [4.69, 9.17) is 14.4 Å². The largest absolute Gasteiger partial charge is 0.454 e. The summed E-state index contributed by atoms with van der Waals surface area (Å²) in [5, 5.41) is 7.73. The number of furan rings is 1. The summed E-state index contributed by atoms with van der Waals surface area (Å²) in [6.07, 6.45) is 0. The van der Waals surface area contributed by atoms with Crippen molar-refractivity contribution in [3.63, 3.8) is 0 Å². The fraction of sp³-hybridized carbons (Fsp3) is 0. The van der Waals surface area contributed by atoms with Gasteiger partial charge in [-0.1, -0.05) is 121 Å². The van der Waals surface area contributed by atoms with Crippen LogP contribution >= 0.6 is 0 Å². The molecule has 0 aliphatic carbocycles. The zero-order valence-corrected chi connectivity index (χ0v) is 26.2. The van der Waals surface area contributed by atoms with Gasteiger partial charge in [0.1, 0.15) is 11.1 Å². The van der Waals surface area contributed by atoms with E-state index < -0.39 is 0 Å². The minimum Gasteiger partial charge on any atom is -0.454 e. The van der Waals surface area contributed by atoms with Gasteiger partial charge in [0.2, 0.25) is 5.95 Å². The molecule has 11 rings (SSSR count). The Balaban J connectivity index is 1.41. The zero-order valence-electron chi connectivity index (χ0n) is 26.2. The van der Waals surface area contributed by atoms with Crippen LogP contribution in [0.3, 0.4) is 0 Å². The first kappa shape index (κ1) is 26.4. The van der Waals surface area contributed by atoms with Crippen molar-refractivity contribution >= 4 is 76.5 Å². The van der Waals surface area contributed by atoms with E-state index in [0.29, 0.717) is 5.95 Å².